The Morgan fingerprint density at radius 1 is 1.33 bits per heavy atom. The number of benzene rings is 1. The molecule has 0 radical (unpaired) electrons. The van der Waals surface area contributed by atoms with Crippen molar-refractivity contribution in [3.05, 3.63) is 29.8 Å². The first-order valence-electron chi connectivity index (χ1n) is 9.15. The topological polar surface area (TPSA) is 73.9 Å². The van der Waals surface area contributed by atoms with E-state index in [1.807, 2.05) is 0 Å². The molecular weight excluding hydrogens is 300 g/mol. The van der Waals surface area contributed by atoms with Crippen LogP contribution in [0.15, 0.2) is 29.3 Å². The molecule has 0 aromatic heterocycles. The Bertz CT molecular complexity index is 507. The number of aliphatic imine (C=N–C) groups is 1. The molecule has 1 aromatic carbocycles. The largest absolute Gasteiger partial charge is 0.393 e. The Morgan fingerprint density at radius 3 is 2.62 bits per heavy atom. The fourth-order valence-electron chi connectivity index (χ4n) is 2.95. The molecule has 1 unspecified atom stereocenters. The van der Waals surface area contributed by atoms with Crippen molar-refractivity contribution in [2.75, 3.05) is 31.5 Å². The monoisotopic (exact) mass is 332 g/mol. The van der Waals surface area contributed by atoms with Gasteiger partial charge in [-0.15, -0.1) is 0 Å². The number of nitrogens with one attached hydrogen (secondary N) is 1. The van der Waals surface area contributed by atoms with Crippen LogP contribution < -0.4 is 11.1 Å². The van der Waals surface area contributed by atoms with Crippen molar-refractivity contribution < 1.29 is 5.11 Å². The minimum atomic E-state index is -0.106. The summed E-state index contributed by atoms with van der Waals surface area (Å²) in [7, 11) is 0. The molecule has 1 heterocycles. The van der Waals surface area contributed by atoms with Gasteiger partial charge in [0.05, 0.1) is 6.10 Å². The number of nitrogens with zero attached hydrogens (tertiary/aromatic N) is 2. The van der Waals surface area contributed by atoms with Crippen molar-refractivity contribution in [1.82, 2.24) is 4.90 Å². The second kappa shape index (κ2) is 9.64. The van der Waals surface area contributed by atoms with E-state index in [1.165, 1.54) is 5.56 Å². The van der Waals surface area contributed by atoms with E-state index in [0.29, 0.717) is 11.9 Å². The maximum atomic E-state index is 9.50. The zero-order valence-electron chi connectivity index (χ0n) is 15.0. The lowest BCUT2D eigenvalue weighted by atomic mass is 9.99. The van der Waals surface area contributed by atoms with E-state index in [1.54, 1.807) is 0 Å². The number of aliphatic hydroxyl groups is 1. The highest BCUT2D eigenvalue weighted by molar-refractivity contribution is 5.92. The molecule has 0 bridgehead atoms. The highest BCUT2D eigenvalue weighted by atomic mass is 16.3. The number of hydrogen-bond donors (Lipinski definition) is 3. The molecule has 0 saturated carbocycles. The summed E-state index contributed by atoms with van der Waals surface area (Å²) in [5, 5.41) is 12.7. The van der Waals surface area contributed by atoms with Crippen LogP contribution in [0.2, 0.25) is 0 Å². The maximum Gasteiger partial charge on any atom is 0.193 e. The number of piperidine rings is 1. The van der Waals surface area contributed by atoms with Crippen molar-refractivity contribution in [1.29, 1.82) is 0 Å². The van der Waals surface area contributed by atoms with Gasteiger partial charge in [-0.1, -0.05) is 26.0 Å². The van der Waals surface area contributed by atoms with Crippen molar-refractivity contribution in [2.24, 2.45) is 10.7 Å². The maximum absolute atomic E-state index is 9.50. The van der Waals surface area contributed by atoms with Crippen molar-refractivity contribution in [2.45, 2.75) is 51.6 Å². The van der Waals surface area contributed by atoms with E-state index in [0.717, 1.165) is 57.5 Å². The van der Waals surface area contributed by atoms with Crippen LogP contribution in [0.5, 0.6) is 0 Å². The van der Waals surface area contributed by atoms with Gasteiger partial charge in [0.1, 0.15) is 0 Å². The molecule has 1 saturated heterocycles. The molecule has 134 valence electrons. The van der Waals surface area contributed by atoms with Gasteiger partial charge in [0.2, 0.25) is 0 Å². The van der Waals surface area contributed by atoms with E-state index < -0.39 is 0 Å². The van der Waals surface area contributed by atoms with E-state index in [9.17, 15) is 5.11 Å². The van der Waals surface area contributed by atoms with Crippen LogP contribution in [0.3, 0.4) is 0 Å². The highest BCUT2D eigenvalue weighted by Crippen LogP contribution is 2.20. The normalized spacial score (nSPS) is 18.5. The summed E-state index contributed by atoms with van der Waals surface area (Å²) < 4.78 is 0. The molecule has 1 aliphatic heterocycles. The van der Waals surface area contributed by atoms with E-state index in [4.69, 9.17) is 5.73 Å². The van der Waals surface area contributed by atoms with Gasteiger partial charge in [0.25, 0.3) is 0 Å². The minimum Gasteiger partial charge on any atom is -0.393 e. The molecule has 1 aromatic rings. The van der Waals surface area contributed by atoms with Crippen LogP contribution in [0.25, 0.3) is 0 Å². The summed E-state index contributed by atoms with van der Waals surface area (Å²) in [6, 6.07) is 8.41. The number of rotatable bonds is 7. The third-order valence-corrected chi connectivity index (χ3v) is 4.84. The predicted octanol–water partition coefficient (Wildman–Crippen LogP) is 2.77. The van der Waals surface area contributed by atoms with Gasteiger partial charge in [-0.3, -0.25) is 4.99 Å². The van der Waals surface area contributed by atoms with Crippen LogP contribution in [0.1, 0.15) is 51.0 Å². The molecule has 1 aliphatic rings. The van der Waals surface area contributed by atoms with Crippen LogP contribution in [0, 0.1) is 0 Å². The number of guanidine groups is 1. The first-order valence-corrected chi connectivity index (χ1v) is 9.15. The molecule has 0 aliphatic carbocycles. The smallest absolute Gasteiger partial charge is 0.193 e. The van der Waals surface area contributed by atoms with Gasteiger partial charge in [0, 0.05) is 25.3 Å². The SMILES string of the molecule is CCC(C)c1ccc(NC(N)=NCCCN2CCC(O)CC2)cc1. The highest BCUT2D eigenvalue weighted by Gasteiger charge is 2.15. The van der Waals surface area contributed by atoms with Gasteiger partial charge >= 0.3 is 0 Å². The van der Waals surface area contributed by atoms with Gasteiger partial charge < -0.3 is 21.1 Å². The number of aliphatic hydroxyl groups excluding tert-OH is 1. The first-order chi connectivity index (χ1) is 11.6. The molecule has 2 rings (SSSR count). The lowest BCUT2D eigenvalue weighted by Crippen LogP contribution is -2.36. The van der Waals surface area contributed by atoms with Gasteiger partial charge in [0.15, 0.2) is 5.96 Å². The molecular formula is C19H32N4O. The summed E-state index contributed by atoms with van der Waals surface area (Å²) in [5.74, 6) is 1.06. The van der Waals surface area contributed by atoms with Crippen molar-refractivity contribution >= 4 is 11.6 Å². The standard InChI is InChI=1S/C19H32N4O/c1-3-15(2)16-5-7-17(8-6-16)22-19(20)21-11-4-12-23-13-9-18(24)10-14-23/h5-8,15,18,24H,3-4,9-14H2,1-2H3,(H3,20,21,22). The summed E-state index contributed by atoms with van der Waals surface area (Å²) in [5.41, 5.74) is 8.29. The quantitative estimate of drug-likeness (QED) is 0.408. The minimum absolute atomic E-state index is 0.106. The zero-order chi connectivity index (χ0) is 17.4. The van der Waals surface area contributed by atoms with E-state index in [2.05, 4.69) is 53.3 Å². The van der Waals surface area contributed by atoms with Crippen molar-refractivity contribution in [3.63, 3.8) is 0 Å². The Hall–Kier alpha value is -1.59. The third-order valence-electron chi connectivity index (χ3n) is 4.84. The van der Waals surface area contributed by atoms with Crippen LogP contribution in [-0.2, 0) is 0 Å². The fraction of sp³-hybridized carbons (Fsp3) is 0.632. The zero-order valence-corrected chi connectivity index (χ0v) is 15.0. The van der Waals surface area contributed by atoms with Crippen LogP contribution in [0.4, 0.5) is 5.69 Å². The number of nitrogens with two attached hydrogens (primary N) is 1. The molecule has 4 N–H and O–H groups in total. The number of likely N-dealkylation sites (tertiary alicyclic amines) is 1. The molecule has 5 nitrogen and oxygen atoms in total. The summed E-state index contributed by atoms with van der Waals surface area (Å²) in [4.78, 5) is 6.79. The molecule has 1 atom stereocenters. The Morgan fingerprint density at radius 2 is 2.00 bits per heavy atom. The molecule has 5 heteroatoms. The van der Waals surface area contributed by atoms with Crippen molar-refractivity contribution in [3.8, 4) is 0 Å². The van der Waals surface area contributed by atoms with Gasteiger partial charge in [-0.2, -0.15) is 0 Å². The van der Waals surface area contributed by atoms with E-state index >= 15 is 0 Å². The average Bonchev–Trinajstić information content (AvgIpc) is 2.60. The molecule has 0 amide bonds. The summed E-state index contributed by atoms with van der Waals surface area (Å²) >= 11 is 0. The lowest BCUT2D eigenvalue weighted by Gasteiger charge is -2.29. The summed E-state index contributed by atoms with van der Waals surface area (Å²) in [6.45, 7) is 8.16. The first kappa shape index (κ1) is 18.7. The Kier molecular flexibility index (Phi) is 7.53. The fourth-order valence-corrected chi connectivity index (χ4v) is 2.95. The third kappa shape index (κ3) is 6.13. The Labute approximate surface area is 146 Å². The second-order valence-electron chi connectivity index (χ2n) is 6.75. The number of hydrogen-bond acceptors (Lipinski definition) is 3. The lowest BCUT2D eigenvalue weighted by molar-refractivity contribution is 0.0824. The predicted molar refractivity (Wildman–Crippen MR) is 102 cm³/mol. The van der Waals surface area contributed by atoms with Crippen LogP contribution in [-0.4, -0.2) is 48.2 Å². The molecule has 1 fully saturated rings. The van der Waals surface area contributed by atoms with E-state index in [-0.39, 0.29) is 6.10 Å². The van der Waals surface area contributed by atoms with Gasteiger partial charge in [-0.05, 0) is 55.8 Å². The Balaban J connectivity index is 1.69. The van der Waals surface area contributed by atoms with Gasteiger partial charge in [-0.25, -0.2) is 0 Å². The van der Waals surface area contributed by atoms with Crippen LogP contribution >= 0.6 is 0 Å². The second-order valence-corrected chi connectivity index (χ2v) is 6.75. The molecule has 24 heavy (non-hydrogen) atoms. The number of anilines is 1. The average molecular weight is 332 g/mol. The summed E-state index contributed by atoms with van der Waals surface area (Å²) in [6.07, 6.45) is 3.81. The molecule has 0 spiro atoms.